The number of carboxylic acid groups (broad SMARTS) is 1. The van der Waals surface area contributed by atoms with Crippen LogP contribution >= 0.6 is 0 Å². The number of aliphatic carboxylic acids is 1. The molecule has 0 bridgehead atoms. The summed E-state index contributed by atoms with van der Waals surface area (Å²) in [5.41, 5.74) is 2.31. The molecule has 32 heavy (non-hydrogen) atoms. The number of alkyl halides is 3. The number of piperidine rings is 1. The van der Waals surface area contributed by atoms with Crippen molar-refractivity contribution in [2.45, 2.75) is 44.4 Å². The number of carbonyl (C=O) groups excluding carboxylic acids is 3. The van der Waals surface area contributed by atoms with Crippen LogP contribution in [0, 0.1) is 11.8 Å². The number of rotatable bonds is 4. The van der Waals surface area contributed by atoms with Gasteiger partial charge in [-0.05, 0) is 44.1 Å². The van der Waals surface area contributed by atoms with E-state index in [0.717, 1.165) is 30.5 Å². The van der Waals surface area contributed by atoms with Crippen molar-refractivity contribution in [2.75, 3.05) is 13.6 Å². The van der Waals surface area contributed by atoms with Crippen LogP contribution in [0.2, 0.25) is 0 Å². The maximum Gasteiger partial charge on any atom is 0.490 e. The van der Waals surface area contributed by atoms with E-state index in [0.29, 0.717) is 18.5 Å². The monoisotopic (exact) mass is 453 g/mol. The average Bonchev–Trinajstić information content (AvgIpc) is 3.05. The van der Waals surface area contributed by atoms with Crippen LogP contribution in [0.3, 0.4) is 0 Å². The van der Waals surface area contributed by atoms with Gasteiger partial charge in [-0.1, -0.05) is 17.9 Å². The molecule has 172 valence electrons. The van der Waals surface area contributed by atoms with Crippen LogP contribution in [0.15, 0.2) is 18.2 Å². The quantitative estimate of drug-likeness (QED) is 0.361. The van der Waals surface area contributed by atoms with Gasteiger partial charge in [-0.25, -0.2) is 4.79 Å². The molecule has 2 heterocycles. The molecule has 1 atom stereocenters. The number of amides is 3. The van der Waals surface area contributed by atoms with Gasteiger partial charge >= 0.3 is 12.1 Å². The third-order valence-corrected chi connectivity index (χ3v) is 4.78. The number of nitrogens with zero attached hydrogens (tertiary/aromatic N) is 1. The van der Waals surface area contributed by atoms with Gasteiger partial charge in [0.25, 0.3) is 5.91 Å². The maximum atomic E-state index is 12.7. The van der Waals surface area contributed by atoms with Crippen molar-refractivity contribution < 1.29 is 37.5 Å². The second kappa shape index (κ2) is 10.8. The molecule has 11 heteroatoms. The number of fused-ring (bicyclic) bond motifs is 1. The summed E-state index contributed by atoms with van der Waals surface area (Å²) in [5, 5.41) is 12.5. The lowest BCUT2D eigenvalue weighted by Gasteiger charge is -2.29. The van der Waals surface area contributed by atoms with Crippen LogP contribution in [-0.4, -0.2) is 59.5 Å². The van der Waals surface area contributed by atoms with Crippen molar-refractivity contribution >= 4 is 23.7 Å². The van der Waals surface area contributed by atoms with E-state index in [1.165, 1.54) is 0 Å². The van der Waals surface area contributed by atoms with Crippen molar-refractivity contribution in [1.29, 1.82) is 0 Å². The Morgan fingerprint density at radius 2 is 2.00 bits per heavy atom. The topological polar surface area (TPSA) is 116 Å². The Bertz CT molecular complexity index is 966. The number of hydrogen-bond acceptors (Lipinski definition) is 5. The minimum absolute atomic E-state index is 0.164. The fourth-order valence-electron chi connectivity index (χ4n) is 3.21. The molecule has 0 saturated carbocycles. The van der Waals surface area contributed by atoms with Crippen LogP contribution < -0.4 is 10.6 Å². The van der Waals surface area contributed by atoms with Gasteiger partial charge in [-0.3, -0.25) is 19.7 Å². The molecule has 3 N–H and O–H groups in total. The van der Waals surface area contributed by atoms with E-state index >= 15 is 0 Å². The number of halogens is 3. The van der Waals surface area contributed by atoms with Crippen LogP contribution in [0.5, 0.6) is 0 Å². The number of benzene rings is 1. The van der Waals surface area contributed by atoms with Gasteiger partial charge in [0.05, 0.1) is 0 Å². The van der Waals surface area contributed by atoms with Crippen LogP contribution in [0.25, 0.3) is 0 Å². The highest BCUT2D eigenvalue weighted by molar-refractivity contribution is 6.05. The third kappa shape index (κ3) is 6.31. The largest absolute Gasteiger partial charge is 0.490 e. The Labute approximate surface area is 182 Å². The molecule has 0 spiro atoms. The third-order valence-electron chi connectivity index (χ3n) is 4.78. The van der Waals surface area contributed by atoms with Gasteiger partial charge in [0.2, 0.25) is 11.8 Å². The summed E-state index contributed by atoms with van der Waals surface area (Å²) in [6.45, 7) is 1.28. The smallest absolute Gasteiger partial charge is 0.475 e. The second-order valence-corrected chi connectivity index (χ2v) is 7.04. The lowest BCUT2D eigenvalue weighted by Crippen LogP contribution is -2.52. The molecule has 1 aromatic carbocycles. The second-order valence-electron chi connectivity index (χ2n) is 7.04. The van der Waals surface area contributed by atoms with E-state index in [1.54, 1.807) is 11.0 Å². The van der Waals surface area contributed by atoms with Crippen molar-refractivity contribution in [2.24, 2.45) is 0 Å². The van der Waals surface area contributed by atoms with E-state index in [-0.39, 0.29) is 18.2 Å². The molecule has 0 aliphatic carbocycles. The van der Waals surface area contributed by atoms with E-state index in [1.807, 2.05) is 19.2 Å². The number of carbonyl (C=O) groups is 4. The molecule has 1 saturated heterocycles. The van der Waals surface area contributed by atoms with Gasteiger partial charge in [0.15, 0.2) is 0 Å². The average molecular weight is 453 g/mol. The minimum atomic E-state index is -5.08. The first kappa shape index (κ1) is 24.9. The Morgan fingerprint density at radius 3 is 2.59 bits per heavy atom. The maximum absolute atomic E-state index is 12.7. The van der Waals surface area contributed by atoms with Gasteiger partial charge in [-0.2, -0.15) is 13.2 Å². The number of carboxylic acids is 1. The predicted octanol–water partition coefficient (Wildman–Crippen LogP) is 1.43. The van der Waals surface area contributed by atoms with E-state index in [4.69, 9.17) is 9.90 Å². The molecule has 8 nitrogen and oxygen atoms in total. The number of hydrogen-bond donors (Lipinski definition) is 3. The molecule has 0 aromatic heterocycles. The number of unbranched alkanes of at least 4 members (excludes halogenated alkanes) is 1. The first-order valence-electron chi connectivity index (χ1n) is 9.76. The summed E-state index contributed by atoms with van der Waals surface area (Å²) in [7, 11) is 1.91. The highest BCUT2D eigenvalue weighted by Crippen LogP contribution is 2.29. The molecule has 2 aliphatic heterocycles. The number of nitrogens with one attached hydrogen (secondary N) is 2. The Hall–Kier alpha value is -3.39. The summed E-state index contributed by atoms with van der Waals surface area (Å²) in [5.74, 6) is 2.71. The first-order chi connectivity index (χ1) is 15.1. The zero-order chi connectivity index (χ0) is 23.9. The normalized spacial score (nSPS) is 17.6. The summed E-state index contributed by atoms with van der Waals surface area (Å²) >= 11 is 0. The molecule has 3 rings (SSSR count). The Balaban J connectivity index is 0.000000451. The molecule has 1 aromatic rings. The first-order valence-corrected chi connectivity index (χ1v) is 9.76. The van der Waals surface area contributed by atoms with E-state index in [2.05, 4.69) is 22.5 Å². The van der Waals surface area contributed by atoms with Gasteiger partial charge < -0.3 is 15.3 Å². The fourth-order valence-corrected chi connectivity index (χ4v) is 3.21. The fraction of sp³-hybridized carbons (Fsp3) is 0.429. The van der Waals surface area contributed by atoms with Crippen molar-refractivity contribution in [1.82, 2.24) is 15.5 Å². The molecule has 2 aliphatic rings. The molecule has 1 fully saturated rings. The van der Waals surface area contributed by atoms with Crippen molar-refractivity contribution in [3.63, 3.8) is 0 Å². The minimum Gasteiger partial charge on any atom is -0.475 e. The lowest BCUT2D eigenvalue weighted by molar-refractivity contribution is -0.192. The van der Waals surface area contributed by atoms with Crippen molar-refractivity contribution in [3.8, 4) is 11.8 Å². The van der Waals surface area contributed by atoms with Gasteiger partial charge in [-0.15, -0.1) is 0 Å². The summed E-state index contributed by atoms with van der Waals surface area (Å²) < 4.78 is 31.7. The molecule has 3 amide bonds. The SMILES string of the molecule is CNCCCC#Cc1cccc2c1CN(C1CCC(=O)NC1=O)C2=O.O=C(O)C(F)(F)F. The highest BCUT2D eigenvalue weighted by atomic mass is 19.4. The summed E-state index contributed by atoms with van der Waals surface area (Å²) in [6.07, 6.45) is -2.70. The van der Waals surface area contributed by atoms with Crippen LogP contribution in [-0.2, 0) is 20.9 Å². The molecule has 1 unspecified atom stereocenters. The Kier molecular flexibility index (Phi) is 8.37. The van der Waals surface area contributed by atoms with Crippen molar-refractivity contribution in [3.05, 3.63) is 34.9 Å². The van der Waals surface area contributed by atoms with Gasteiger partial charge in [0.1, 0.15) is 6.04 Å². The Morgan fingerprint density at radius 1 is 1.31 bits per heavy atom. The van der Waals surface area contributed by atoms with Crippen LogP contribution in [0.1, 0.15) is 47.2 Å². The summed E-state index contributed by atoms with van der Waals surface area (Å²) in [6, 6.07) is 4.91. The van der Waals surface area contributed by atoms with E-state index in [9.17, 15) is 27.6 Å². The molecular formula is C21H22F3N3O5. The molecule has 0 radical (unpaired) electrons. The molecular weight excluding hydrogens is 431 g/mol. The lowest BCUT2D eigenvalue weighted by atomic mass is 10.0. The number of imide groups is 1. The summed E-state index contributed by atoms with van der Waals surface area (Å²) in [4.78, 5) is 46.6. The van der Waals surface area contributed by atoms with E-state index < -0.39 is 24.1 Å². The van der Waals surface area contributed by atoms with Gasteiger partial charge in [0, 0.05) is 30.5 Å². The predicted molar refractivity (Wildman–Crippen MR) is 106 cm³/mol. The zero-order valence-corrected chi connectivity index (χ0v) is 17.2. The van der Waals surface area contributed by atoms with Crippen LogP contribution in [0.4, 0.5) is 13.2 Å². The zero-order valence-electron chi connectivity index (χ0n) is 17.2. The highest BCUT2D eigenvalue weighted by Gasteiger charge is 2.40. The standard InChI is InChI=1S/C19H21N3O3.C2HF3O2/c1-20-11-4-2-3-6-13-7-5-8-14-15(13)12-22(19(14)25)16-9-10-17(23)21-18(16)24;3-2(4,5)1(6)7/h5,7-8,16,20H,2,4,9-12H2,1H3,(H,21,23,24);(H,6,7).